The Kier molecular flexibility index (Phi) is 43.1. The van der Waals surface area contributed by atoms with Crippen LogP contribution in [0.2, 0.25) is 0 Å². The Morgan fingerprint density at radius 1 is 0.492 bits per heavy atom. The maximum atomic E-state index is 12.7. The zero-order valence-electron chi connectivity index (χ0n) is 40.9. The first-order valence-corrected chi connectivity index (χ1v) is 27.4. The minimum atomic E-state index is -4.62. The van der Waals surface area contributed by atoms with E-state index in [1.807, 2.05) is 21.1 Å². The summed E-state index contributed by atoms with van der Waals surface area (Å²) in [6, 6.07) is 0. The van der Waals surface area contributed by atoms with Gasteiger partial charge in [-0.05, 0) is 32.1 Å². The number of esters is 2. The molecule has 0 aromatic rings. The Balaban J connectivity index is 4.16. The number of hydrogen-bond donors (Lipinski definition) is 0. The highest BCUT2D eigenvalue weighted by Gasteiger charge is 2.21. The number of nitrogens with zero attached hydrogens (tertiary/aromatic N) is 1. The van der Waals surface area contributed by atoms with Crippen LogP contribution in [0.3, 0.4) is 0 Å². The highest BCUT2D eigenvalue weighted by molar-refractivity contribution is 7.45. The van der Waals surface area contributed by atoms with Crippen molar-refractivity contribution in [2.45, 2.75) is 258 Å². The van der Waals surface area contributed by atoms with Gasteiger partial charge in [0.25, 0.3) is 7.82 Å². The molecule has 0 radical (unpaired) electrons. The molecule has 0 bridgehead atoms. The summed E-state index contributed by atoms with van der Waals surface area (Å²) in [6.07, 6.45) is 48.1. The maximum absolute atomic E-state index is 12.7. The van der Waals surface area contributed by atoms with Crippen LogP contribution in [0.15, 0.2) is 12.2 Å². The monoisotopic (exact) mass is 886 g/mol. The van der Waals surface area contributed by atoms with E-state index in [4.69, 9.17) is 18.5 Å². The van der Waals surface area contributed by atoms with Gasteiger partial charge in [-0.25, -0.2) is 0 Å². The van der Waals surface area contributed by atoms with Crippen LogP contribution in [-0.4, -0.2) is 70.0 Å². The van der Waals surface area contributed by atoms with Gasteiger partial charge in [0, 0.05) is 12.8 Å². The SMILES string of the molecule is CCCC/C=C/CCCCCCCCCCCC(=O)O[C@H](COC(=O)CCCCCCCCCCCCCCCCCCCCCCCC)COP(=O)([O-])OCC[N+](C)(C)C. The first-order valence-electron chi connectivity index (χ1n) is 25.9. The molecule has 0 aromatic carbocycles. The number of quaternary nitrogens is 1. The Morgan fingerprint density at radius 2 is 0.852 bits per heavy atom. The first kappa shape index (κ1) is 59.8. The van der Waals surface area contributed by atoms with Crippen molar-refractivity contribution >= 4 is 19.8 Å². The van der Waals surface area contributed by atoms with E-state index < -0.39 is 26.5 Å². The van der Waals surface area contributed by atoms with E-state index in [2.05, 4.69) is 26.0 Å². The molecule has 0 aliphatic heterocycles. The van der Waals surface area contributed by atoms with Gasteiger partial charge < -0.3 is 27.9 Å². The van der Waals surface area contributed by atoms with Gasteiger partial charge in [-0.3, -0.25) is 14.2 Å². The van der Waals surface area contributed by atoms with Gasteiger partial charge in [0.05, 0.1) is 27.7 Å². The standard InChI is InChI=1S/C51H100NO8P/c1-6-8-10-12-14-16-18-20-22-23-24-25-26-27-28-30-31-33-35-37-39-41-43-50(53)57-47-49(48-59-61(55,56)58-46-45-52(3,4)5)60-51(54)44-42-40-38-36-34-32-29-21-19-17-15-13-11-9-7-2/h13,15,49H,6-12,14,16-48H2,1-5H3/b15-13+/t49-/m1/s1. The van der Waals surface area contributed by atoms with Gasteiger partial charge in [0.1, 0.15) is 19.8 Å². The molecule has 1 unspecified atom stereocenters. The van der Waals surface area contributed by atoms with Gasteiger partial charge in [-0.15, -0.1) is 0 Å². The molecule has 0 rings (SSSR count). The Bertz CT molecular complexity index is 1050. The number of carbonyl (C=O) groups excluding carboxylic acids is 2. The molecule has 0 saturated carbocycles. The number of rotatable bonds is 48. The van der Waals surface area contributed by atoms with Crippen LogP contribution in [0.1, 0.15) is 251 Å². The van der Waals surface area contributed by atoms with E-state index in [-0.39, 0.29) is 32.0 Å². The van der Waals surface area contributed by atoms with E-state index in [1.165, 1.54) is 180 Å². The van der Waals surface area contributed by atoms with Gasteiger partial charge in [-0.2, -0.15) is 0 Å². The number of likely N-dealkylation sites (N-methyl/N-ethyl adjacent to an activating group) is 1. The first-order chi connectivity index (χ1) is 29.5. The zero-order valence-corrected chi connectivity index (χ0v) is 41.8. The van der Waals surface area contributed by atoms with Gasteiger partial charge in [0.15, 0.2) is 6.10 Å². The Labute approximate surface area is 377 Å². The molecule has 61 heavy (non-hydrogen) atoms. The second kappa shape index (κ2) is 44.0. The molecule has 0 saturated heterocycles. The van der Waals surface area contributed by atoms with E-state index >= 15 is 0 Å². The highest BCUT2D eigenvalue weighted by atomic mass is 31.2. The van der Waals surface area contributed by atoms with Crippen molar-refractivity contribution in [1.29, 1.82) is 0 Å². The number of ether oxygens (including phenoxy) is 2. The topological polar surface area (TPSA) is 111 Å². The van der Waals surface area contributed by atoms with Gasteiger partial charge in [-0.1, -0.05) is 219 Å². The Morgan fingerprint density at radius 3 is 1.26 bits per heavy atom. The lowest BCUT2D eigenvalue weighted by atomic mass is 10.0. The number of unbranched alkanes of at least 4 members (excludes halogenated alkanes) is 32. The molecule has 0 spiro atoms. The minimum Gasteiger partial charge on any atom is -0.756 e. The summed E-state index contributed by atoms with van der Waals surface area (Å²) >= 11 is 0. The summed E-state index contributed by atoms with van der Waals surface area (Å²) in [5.41, 5.74) is 0. The van der Waals surface area contributed by atoms with Gasteiger partial charge >= 0.3 is 11.9 Å². The van der Waals surface area contributed by atoms with E-state index in [0.29, 0.717) is 17.4 Å². The van der Waals surface area contributed by atoms with E-state index in [1.54, 1.807) is 0 Å². The number of hydrogen-bond acceptors (Lipinski definition) is 8. The summed E-state index contributed by atoms with van der Waals surface area (Å²) in [5, 5.41) is 0. The normalized spacial score (nSPS) is 13.5. The largest absolute Gasteiger partial charge is 0.756 e. The maximum Gasteiger partial charge on any atom is 0.306 e. The molecular weight excluding hydrogens is 786 g/mol. The van der Waals surface area contributed by atoms with Crippen LogP contribution < -0.4 is 4.89 Å². The van der Waals surface area contributed by atoms with Crippen molar-refractivity contribution < 1.29 is 42.1 Å². The smallest absolute Gasteiger partial charge is 0.306 e. The predicted octanol–water partition coefficient (Wildman–Crippen LogP) is 14.7. The van der Waals surface area contributed by atoms with Crippen molar-refractivity contribution in [3.05, 3.63) is 12.2 Å². The lowest BCUT2D eigenvalue weighted by Gasteiger charge is -2.28. The quantitative estimate of drug-likeness (QED) is 0.0195. The summed E-state index contributed by atoms with van der Waals surface area (Å²) in [5.74, 6) is -0.822. The molecule has 0 aliphatic rings. The fraction of sp³-hybridized carbons (Fsp3) is 0.922. The third-order valence-corrected chi connectivity index (χ3v) is 12.5. The molecular formula is C51H100NO8P. The van der Waals surface area contributed by atoms with Crippen LogP contribution in [0, 0.1) is 0 Å². The molecule has 0 heterocycles. The highest BCUT2D eigenvalue weighted by Crippen LogP contribution is 2.38. The molecule has 9 nitrogen and oxygen atoms in total. The number of carbonyl (C=O) groups is 2. The lowest BCUT2D eigenvalue weighted by Crippen LogP contribution is -2.37. The average Bonchev–Trinajstić information content (AvgIpc) is 3.21. The fourth-order valence-electron chi connectivity index (χ4n) is 7.46. The summed E-state index contributed by atoms with van der Waals surface area (Å²) in [6.45, 7) is 4.25. The number of phosphoric acid groups is 1. The molecule has 362 valence electrons. The van der Waals surface area contributed by atoms with Crippen molar-refractivity contribution in [2.24, 2.45) is 0 Å². The summed E-state index contributed by atoms with van der Waals surface area (Å²) in [7, 11) is 1.18. The lowest BCUT2D eigenvalue weighted by molar-refractivity contribution is -0.870. The van der Waals surface area contributed by atoms with Crippen LogP contribution in [-0.2, 0) is 32.7 Å². The molecule has 0 fully saturated rings. The third kappa shape index (κ3) is 48.1. The fourth-order valence-corrected chi connectivity index (χ4v) is 8.19. The van der Waals surface area contributed by atoms with Crippen LogP contribution in [0.4, 0.5) is 0 Å². The molecule has 10 heteroatoms. The molecule has 0 aromatic heterocycles. The molecule has 0 amide bonds. The van der Waals surface area contributed by atoms with Crippen molar-refractivity contribution in [3.8, 4) is 0 Å². The third-order valence-electron chi connectivity index (χ3n) is 11.5. The zero-order chi connectivity index (χ0) is 45.0. The average molecular weight is 886 g/mol. The van der Waals surface area contributed by atoms with Crippen LogP contribution in [0.25, 0.3) is 0 Å². The second-order valence-corrected chi connectivity index (χ2v) is 20.3. The van der Waals surface area contributed by atoms with Gasteiger partial charge in [0.2, 0.25) is 0 Å². The predicted molar refractivity (Wildman–Crippen MR) is 255 cm³/mol. The minimum absolute atomic E-state index is 0.0277. The summed E-state index contributed by atoms with van der Waals surface area (Å²) < 4.78 is 34.0. The van der Waals surface area contributed by atoms with E-state index in [0.717, 1.165) is 38.5 Å². The van der Waals surface area contributed by atoms with Crippen molar-refractivity contribution in [1.82, 2.24) is 0 Å². The van der Waals surface area contributed by atoms with Crippen molar-refractivity contribution in [3.63, 3.8) is 0 Å². The van der Waals surface area contributed by atoms with Crippen LogP contribution in [0.5, 0.6) is 0 Å². The van der Waals surface area contributed by atoms with E-state index in [9.17, 15) is 19.0 Å². The summed E-state index contributed by atoms with van der Waals surface area (Å²) in [4.78, 5) is 37.7. The Hall–Kier alpha value is -1.25. The van der Waals surface area contributed by atoms with Crippen molar-refractivity contribution in [2.75, 3.05) is 47.5 Å². The molecule has 2 atom stereocenters. The van der Waals surface area contributed by atoms with Crippen LogP contribution >= 0.6 is 7.82 Å². The molecule has 0 N–H and O–H groups in total. The number of allylic oxidation sites excluding steroid dienone is 2. The second-order valence-electron chi connectivity index (χ2n) is 18.9. The molecule has 0 aliphatic carbocycles. The number of phosphoric ester groups is 1.